The zero-order valence-corrected chi connectivity index (χ0v) is 9.34. The molecular formula is C8H10F6O5. The number of hydrogen-bond acceptors (Lipinski definition) is 5. The first-order valence-electron chi connectivity index (χ1n) is 4.55. The lowest BCUT2D eigenvalue weighted by atomic mass is 10.0. The highest BCUT2D eigenvalue weighted by molar-refractivity contribution is 5.81. The summed E-state index contributed by atoms with van der Waals surface area (Å²) in [6, 6.07) is 0. The molecular weight excluding hydrogens is 290 g/mol. The van der Waals surface area contributed by atoms with Crippen LogP contribution >= 0.6 is 0 Å². The van der Waals surface area contributed by atoms with Gasteiger partial charge in [0.25, 0.3) is 0 Å². The molecule has 0 fully saturated rings. The van der Waals surface area contributed by atoms with Crippen molar-refractivity contribution < 1.29 is 51.2 Å². The highest BCUT2D eigenvalue weighted by atomic mass is 19.4. The average Bonchev–Trinajstić information content (AvgIpc) is 2.21. The van der Waals surface area contributed by atoms with E-state index in [-0.39, 0.29) is 0 Å². The Bertz CT molecular complexity index is 320. The van der Waals surface area contributed by atoms with Crippen LogP contribution in [0.15, 0.2) is 0 Å². The zero-order chi connectivity index (χ0) is 15.7. The summed E-state index contributed by atoms with van der Waals surface area (Å²) in [6.45, 7) is -1.66. The van der Waals surface area contributed by atoms with E-state index in [1.54, 1.807) is 0 Å². The molecule has 0 spiro atoms. The molecule has 19 heavy (non-hydrogen) atoms. The van der Waals surface area contributed by atoms with Gasteiger partial charge < -0.3 is 20.1 Å². The lowest BCUT2D eigenvalue weighted by Crippen LogP contribution is -2.63. The highest BCUT2D eigenvalue weighted by Gasteiger charge is 2.76. The lowest BCUT2D eigenvalue weighted by Gasteiger charge is -2.31. The molecule has 0 aliphatic rings. The van der Waals surface area contributed by atoms with Crippen LogP contribution in [0.2, 0.25) is 0 Å². The fourth-order valence-electron chi connectivity index (χ4n) is 0.763. The predicted octanol–water partition coefficient (Wildman–Crippen LogP) is 0.129. The Kier molecular flexibility index (Phi) is 4.84. The quantitative estimate of drug-likeness (QED) is 0.507. The number of alkyl halides is 6. The molecule has 0 radical (unpaired) electrons. The minimum absolute atomic E-state index is 0.792. The van der Waals surface area contributed by atoms with Crippen molar-refractivity contribution in [3.05, 3.63) is 0 Å². The Labute approximate surface area is 102 Å². The maximum absolute atomic E-state index is 12.2. The first kappa shape index (κ1) is 17.9. The van der Waals surface area contributed by atoms with E-state index in [1.165, 1.54) is 0 Å². The number of halogens is 6. The largest absolute Gasteiger partial charge is 0.460 e. The van der Waals surface area contributed by atoms with Crippen LogP contribution < -0.4 is 0 Å². The molecule has 0 aromatic carbocycles. The van der Waals surface area contributed by atoms with E-state index in [9.17, 15) is 31.1 Å². The monoisotopic (exact) mass is 300 g/mol. The van der Waals surface area contributed by atoms with Crippen molar-refractivity contribution in [3.8, 4) is 0 Å². The third-order valence-corrected chi connectivity index (χ3v) is 1.97. The standard InChI is InChI=1S/C8H10F6O5/c1-5(17,2-15)3-19-4(16)6(18,7(9,10)11)8(12,13)14/h15,17-18H,2-3H2,1H3. The summed E-state index contributed by atoms with van der Waals surface area (Å²) in [7, 11) is 0. The van der Waals surface area contributed by atoms with Gasteiger partial charge in [0.2, 0.25) is 0 Å². The number of carbonyl (C=O) groups is 1. The smallest absolute Gasteiger partial charge is 0.437 e. The van der Waals surface area contributed by atoms with Crippen LogP contribution in [0, 0.1) is 0 Å². The van der Waals surface area contributed by atoms with Crippen molar-refractivity contribution in [1.82, 2.24) is 0 Å². The molecule has 0 amide bonds. The van der Waals surface area contributed by atoms with Crippen LogP contribution in [0.5, 0.6) is 0 Å². The van der Waals surface area contributed by atoms with E-state index < -0.39 is 42.7 Å². The van der Waals surface area contributed by atoms with Gasteiger partial charge in [0, 0.05) is 0 Å². The van der Waals surface area contributed by atoms with Crippen LogP contribution in [-0.2, 0) is 9.53 Å². The van der Waals surface area contributed by atoms with Gasteiger partial charge in [-0.1, -0.05) is 0 Å². The SMILES string of the molecule is CC(O)(CO)COC(=O)C(O)(C(F)(F)F)C(F)(F)F. The molecule has 1 atom stereocenters. The van der Waals surface area contributed by atoms with Crippen molar-refractivity contribution in [2.75, 3.05) is 13.2 Å². The van der Waals surface area contributed by atoms with Crippen molar-refractivity contribution in [3.63, 3.8) is 0 Å². The van der Waals surface area contributed by atoms with Crippen molar-refractivity contribution in [2.45, 2.75) is 30.5 Å². The zero-order valence-electron chi connectivity index (χ0n) is 9.34. The molecule has 0 aliphatic heterocycles. The van der Waals surface area contributed by atoms with E-state index in [2.05, 4.69) is 4.74 Å². The Morgan fingerprint density at radius 3 is 1.68 bits per heavy atom. The number of carbonyl (C=O) groups excluding carboxylic acids is 1. The van der Waals surface area contributed by atoms with Crippen LogP contribution in [0.4, 0.5) is 26.3 Å². The number of ether oxygens (including phenoxy) is 1. The summed E-state index contributed by atoms with van der Waals surface area (Å²) in [5.41, 5.74) is -7.95. The summed E-state index contributed by atoms with van der Waals surface area (Å²) in [5, 5.41) is 26.1. The molecule has 0 aromatic rings. The molecule has 1 unspecified atom stereocenters. The second-order valence-corrected chi connectivity index (χ2v) is 3.94. The second-order valence-electron chi connectivity index (χ2n) is 3.94. The lowest BCUT2D eigenvalue weighted by molar-refractivity contribution is -0.357. The molecule has 11 heteroatoms. The fraction of sp³-hybridized carbons (Fsp3) is 0.875. The molecule has 0 aliphatic carbocycles. The first-order valence-corrected chi connectivity index (χ1v) is 4.55. The molecule has 0 heterocycles. The molecule has 3 N–H and O–H groups in total. The minimum Gasteiger partial charge on any atom is -0.460 e. The summed E-state index contributed by atoms with van der Waals surface area (Å²) < 4.78 is 76.6. The van der Waals surface area contributed by atoms with Gasteiger partial charge in [-0.05, 0) is 6.92 Å². The first-order chi connectivity index (χ1) is 8.19. The molecule has 0 bridgehead atoms. The Hall–Kier alpha value is -1.07. The summed E-state index contributed by atoms with van der Waals surface area (Å²) in [4.78, 5) is 10.8. The van der Waals surface area contributed by atoms with Gasteiger partial charge >= 0.3 is 23.9 Å². The number of rotatable bonds is 4. The maximum atomic E-state index is 12.2. The van der Waals surface area contributed by atoms with Crippen LogP contribution in [-0.4, -0.2) is 58.1 Å². The third kappa shape index (κ3) is 3.70. The van der Waals surface area contributed by atoms with Gasteiger partial charge in [-0.25, -0.2) is 4.79 Å². The van der Waals surface area contributed by atoms with Gasteiger partial charge in [-0.15, -0.1) is 0 Å². The number of aliphatic hydroxyl groups excluding tert-OH is 1. The van der Waals surface area contributed by atoms with E-state index in [0.29, 0.717) is 0 Å². The summed E-state index contributed by atoms with van der Waals surface area (Å²) in [5.74, 6) is -3.04. The normalized spacial score (nSPS) is 16.9. The van der Waals surface area contributed by atoms with E-state index in [4.69, 9.17) is 15.3 Å². The maximum Gasteiger partial charge on any atom is 0.437 e. The molecule has 114 valence electrons. The van der Waals surface area contributed by atoms with Crippen molar-refractivity contribution >= 4 is 5.97 Å². The second kappa shape index (κ2) is 5.13. The van der Waals surface area contributed by atoms with E-state index in [1.807, 2.05) is 0 Å². The van der Waals surface area contributed by atoms with Crippen molar-refractivity contribution in [1.29, 1.82) is 0 Å². The minimum atomic E-state index is -6.35. The molecule has 0 saturated carbocycles. The van der Waals surface area contributed by atoms with Gasteiger partial charge in [0.1, 0.15) is 12.2 Å². The number of esters is 1. The Morgan fingerprint density at radius 1 is 1.05 bits per heavy atom. The van der Waals surface area contributed by atoms with Gasteiger partial charge in [-0.2, -0.15) is 26.3 Å². The van der Waals surface area contributed by atoms with Gasteiger partial charge in [0.05, 0.1) is 6.61 Å². The number of aliphatic hydroxyl groups is 3. The number of hydrogen-bond donors (Lipinski definition) is 3. The molecule has 0 aromatic heterocycles. The fourth-order valence-corrected chi connectivity index (χ4v) is 0.763. The Balaban J connectivity index is 5.19. The van der Waals surface area contributed by atoms with E-state index >= 15 is 0 Å². The topological polar surface area (TPSA) is 87.0 Å². The predicted molar refractivity (Wildman–Crippen MR) is 45.7 cm³/mol. The van der Waals surface area contributed by atoms with Crippen LogP contribution in [0.25, 0.3) is 0 Å². The highest BCUT2D eigenvalue weighted by Crippen LogP contribution is 2.43. The summed E-state index contributed by atoms with van der Waals surface area (Å²) in [6.07, 6.45) is -12.7. The average molecular weight is 300 g/mol. The van der Waals surface area contributed by atoms with Crippen LogP contribution in [0.3, 0.4) is 0 Å². The van der Waals surface area contributed by atoms with Crippen LogP contribution in [0.1, 0.15) is 6.92 Å². The van der Waals surface area contributed by atoms with Gasteiger partial charge in [0.15, 0.2) is 0 Å². The molecule has 0 saturated heterocycles. The third-order valence-electron chi connectivity index (χ3n) is 1.97. The molecule has 5 nitrogen and oxygen atoms in total. The summed E-state index contributed by atoms with van der Waals surface area (Å²) >= 11 is 0. The van der Waals surface area contributed by atoms with E-state index in [0.717, 1.165) is 6.92 Å². The van der Waals surface area contributed by atoms with Crippen molar-refractivity contribution in [2.24, 2.45) is 0 Å². The molecule has 0 rings (SSSR count). The Morgan fingerprint density at radius 2 is 1.42 bits per heavy atom. The van der Waals surface area contributed by atoms with Gasteiger partial charge in [-0.3, -0.25) is 0 Å².